The van der Waals surface area contributed by atoms with E-state index in [-0.39, 0.29) is 11.9 Å². The van der Waals surface area contributed by atoms with Gasteiger partial charge < -0.3 is 4.42 Å². The summed E-state index contributed by atoms with van der Waals surface area (Å²) in [5, 5.41) is 9.06. The first-order valence-corrected chi connectivity index (χ1v) is 8.43. The predicted molar refractivity (Wildman–Crippen MR) is 96.0 cm³/mol. The molecule has 3 rings (SSSR count). The lowest BCUT2D eigenvalue weighted by Crippen LogP contribution is -2.22. The Morgan fingerprint density at radius 2 is 1.92 bits per heavy atom. The molecule has 130 valence electrons. The smallest absolute Gasteiger partial charge is 0.249 e. The van der Waals surface area contributed by atoms with Crippen molar-refractivity contribution in [3.63, 3.8) is 0 Å². The summed E-state index contributed by atoms with van der Waals surface area (Å²) in [5.41, 5.74) is 1.24. The van der Waals surface area contributed by atoms with Crippen molar-refractivity contribution in [2.75, 3.05) is 7.05 Å². The predicted octanol–water partition coefficient (Wildman–Crippen LogP) is 5.38. The Kier molecular flexibility index (Phi) is 5.37. The summed E-state index contributed by atoms with van der Waals surface area (Å²) in [6, 6.07) is 11.6. The molecule has 2 aromatic carbocycles. The molecule has 0 N–H and O–H groups in total. The molecule has 0 aliphatic heterocycles. The van der Waals surface area contributed by atoms with E-state index in [0.717, 1.165) is 0 Å². The fourth-order valence-electron chi connectivity index (χ4n) is 2.49. The van der Waals surface area contributed by atoms with Crippen molar-refractivity contribution in [3.05, 3.63) is 69.8 Å². The van der Waals surface area contributed by atoms with Gasteiger partial charge in [0.05, 0.1) is 17.1 Å². The van der Waals surface area contributed by atoms with E-state index in [1.165, 1.54) is 6.07 Å². The summed E-state index contributed by atoms with van der Waals surface area (Å²) < 4.78 is 19.6. The Bertz CT molecular complexity index is 884. The summed E-state index contributed by atoms with van der Waals surface area (Å²) in [7, 11) is 1.87. The molecule has 4 nitrogen and oxygen atoms in total. The molecule has 0 aliphatic carbocycles. The Labute approximate surface area is 155 Å². The zero-order valence-electron chi connectivity index (χ0n) is 13.7. The van der Waals surface area contributed by atoms with Gasteiger partial charge in [0, 0.05) is 16.6 Å². The van der Waals surface area contributed by atoms with E-state index in [9.17, 15) is 4.39 Å². The second-order valence-electron chi connectivity index (χ2n) is 5.74. The minimum atomic E-state index is -0.235. The van der Waals surface area contributed by atoms with Gasteiger partial charge in [-0.2, -0.15) is 0 Å². The highest BCUT2D eigenvalue weighted by Crippen LogP contribution is 2.30. The third-order valence-electron chi connectivity index (χ3n) is 4.03. The lowest BCUT2D eigenvalue weighted by molar-refractivity contribution is 0.224. The first kappa shape index (κ1) is 17.9. The van der Waals surface area contributed by atoms with Crippen LogP contribution in [0.2, 0.25) is 10.0 Å². The Balaban J connectivity index is 1.76. The highest BCUT2D eigenvalue weighted by Gasteiger charge is 2.19. The fourth-order valence-corrected chi connectivity index (χ4v) is 2.98. The van der Waals surface area contributed by atoms with Crippen molar-refractivity contribution in [1.82, 2.24) is 15.1 Å². The zero-order chi connectivity index (χ0) is 18.0. The van der Waals surface area contributed by atoms with E-state index >= 15 is 0 Å². The minimum absolute atomic E-state index is 0.143. The van der Waals surface area contributed by atoms with Crippen molar-refractivity contribution >= 4 is 23.2 Å². The molecule has 0 radical (unpaired) electrons. The van der Waals surface area contributed by atoms with Crippen LogP contribution in [0.3, 0.4) is 0 Å². The van der Waals surface area contributed by atoms with Crippen LogP contribution >= 0.6 is 23.2 Å². The third-order valence-corrected chi connectivity index (χ3v) is 4.58. The molecule has 3 aromatic rings. The standard InChI is InChI=1S/C18H16Cl2FN3O/c1-11(13-5-3-4-6-16(13)21)24(2)10-17-22-23-18(25-17)14-8-7-12(19)9-15(14)20/h3-9,11H,10H2,1-2H3. The SMILES string of the molecule is CC(c1ccccc1F)N(C)Cc1nnc(-c2ccc(Cl)cc2Cl)o1. The molecule has 1 unspecified atom stereocenters. The van der Waals surface area contributed by atoms with Gasteiger partial charge in [-0.1, -0.05) is 41.4 Å². The zero-order valence-corrected chi connectivity index (χ0v) is 15.2. The van der Waals surface area contributed by atoms with Crippen molar-refractivity contribution in [2.45, 2.75) is 19.5 Å². The summed E-state index contributed by atoms with van der Waals surface area (Å²) in [5.74, 6) is 0.510. The third kappa shape index (κ3) is 4.00. The summed E-state index contributed by atoms with van der Waals surface area (Å²) in [4.78, 5) is 1.93. The van der Waals surface area contributed by atoms with Gasteiger partial charge in [-0.05, 0) is 38.2 Å². The maximum atomic E-state index is 13.9. The Morgan fingerprint density at radius 1 is 1.16 bits per heavy atom. The van der Waals surface area contributed by atoms with Gasteiger partial charge in [0.1, 0.15) is 5.82 Å². The lowest BCUT2D eigenvalue weighted by Gasteiger charge is -2.23. The van der Waals surface area contributed by atoms with Crippen LogP contribution in [0.5, 0.6) is 0 Å². The number of hydrogen-bond acceptors (Lipinski definition) is 4. The van der Waals surface area contributed by atoms with Crippen molar-refractivity contribution in [1.29, 1.82) is 0 Å². The van der Waals surface area contributed by atoms with Gasteiger partial charge in [0.15, 0.2) is 0 Å². The minimum Gasteiger partial charge on any atom is -0.419 e. The molecule has 0 bridgehead atoms. The average Bonchev–Trinajstić information content (AvgIpc) is 3.02. The maximum absolute atomic E-state index is 13.9. The van der Waals surface area contributed by atoms with Crippen molar-refractivity contribution in [2.24, 2.45) is 0 Å². The molecule has 0 saturated heterocycles. The molecule has 1 heterocycles. The first-order valence-electron chi connectivity index (χ1n) is 7.68. The molecule has 0 amide bonds. The van der Waals surface area contributed by atoms with Crippen LogP contribution in [0.25, 0.3) is 11.5 Å². The molecular formula is C18H16Cl2FN3O. The summed E-state index contributed by atoms with van der Waals surface area (Å²) in [6.07, 6.45) is 0. The van der Waals surface area contributed by atoms with E-state index in [1.54, 1.807) is 30.3 Å². The molecule has 0 aliphatic rings. The van der Waals surface area contributed by atoms with Crippen molar-refractivity contribution < 1.29 is 8.81 Å². The van der Waals surface area contributed by atoms with Crippen LogP contribution in [0.1, 0.15) is 24.4 Å². The molecular weight excluding hydrogens is 364 g/mol. The normalized spacial score (nSPS) is 12.6. The molecule has 25 heavy (non-hydrogen) atoms. The van der Waals surface area contributed by atoms with Gasteiger partial charge in [0.2, 0.25) is 11.8 Å². The Morgan fingerprint density at radius 3 is 2.64 bits per heavy atom. The summed E-state index contributed by atoms with van der Waals surface area (Å²) >= 11 is 12.1. The van der Waals surface area contributed by atoms with Crippen LogP contribution in [0.4, 0.5) is 4.39 Å². The quantitative estimate of drug-likeness (QED) is 0.596. The molecule has 1 aromatic heterocycles. The second-order valence-corrected chi connectivity index (χ2v) is 6.58. The lowest BCUT2D eigenvalue weighted by atomic mass is 10.1. The molecule has 7 heteroatoms. The number of halogens is 3. The second kappa shape index (κ2) is 7.52. The molecule has 0 fully saturated rings. The average molecular weight is 380 g/mol. The first-order chi connectivity index (χ1) is 12.0. The van der Waals surface area contributed by atoms with Crippen LogP contribution in [0.15, 0.2) is 46.9 Å². The van der Waals surface area contributed by atoms with Gasteiger partial charge in [-0.15, -0.1) is 10.2 Å². The topological polar surface area (TPSA) is 42.2 Å². The molecule has 0 spiro atoms. The molecule has 1 atom stereocenters. The monoisotopic (exact) mass is 379 g/mol. The molecule has 0 saturated carbocycles. The van der Waals surface area contributed by atoms with E-state index in [0.29, 0.717) is 39.5 Å². The van der Waals surface area contributed by atoms with Crippen LogP contribution in [0, 0.1) is 5.82 Å². The fraction of sp³-hybridized carbons (Fsp3) is 0.222. The van der Waals surface area contributed by atoms with E-state index in [2.05, 4.69) is 10.2 Å². The van der Waals surface area contributed by atoms with Gasteiger partial charge in [-0.25, -0.2) is 4.39 Å². The van der Waals surface area contributed by atoms with Crippen molar-refractivity contribution in [3.8, 4) is 11.5 Å². The maximum Gasteiger partial charge on any atom is 0.249 e. The largest absolute Gasteiger partial charge is 0.419 e. The van der Waals surface area contributed by atoms with Gasteiger partial charge >= 0.3 is 0 Å². The number of rotatable bonds is 5. The number of benzene rings is 2. The number of nitrogens with zero attached hydrogens (tertiary/aromatic N) is 3. The van der Waals surface area contributed by atoms with Crippen LogP contribution in [-0.2, 0) is 6.54 Å². The highest BCUT2D eigenvalue weighted by molar-refractivity contribution is 6.36. The highest BCUT2D eigenvalue weighted by atomic mass is 35.5. The van der Waals surface area contributed by atoms with Crippen LogP contribution < -0.4 is 0 Å². The van der Waals surface area contributed by atoms with E-state index < -0.39 is 0 Å². The Hall–Kier alpha value is -1.95. The summed E-state index contributed by atoms with van der Waals surface area (Å²) in [6.45, 7) is 2.31. The van der Waals surface area contributed by atoms with E-state index in [1.807, 2.05) is 24.9 Å². The van der Waals surface area contributed by atoms with E-state index in [4.69, 9.17) is 27.6 Å². The van der Waals surface area contributed by atoms with Crippen LogP contribution in [-0.4, -0.2) is 22.1 Å². The number of hydrogen-bond donors (Lipinski definition) is 0. The van der Waals surface area contributed by atoms with Gasteiger partial charge in [-0.3, -0.25) is 4.90 Å². The number of aromatic nitrogens is 2. The van der Waals surface area contributed by atoms with Gasteiger partial charge in [0.25, 0.3) is 0 Å².